The number of aliphatic imine (C=N–C) groups is 1. The van der Waals surface area contributed by atoms with Crippen LogP contribution < -0.4 is 0 Å². The van der Waals surface area contributed by atoms with Crippen LogP contribution in [0.3, 0.4) is 0 Å². The van der Waals surface area contributed by atoms with Gasteiger partial charge < -0.3 is 5.11 Å². The van der Waals surface area contributed by atoms with Crippen molar-refractivity contribution in [2.45, 2.75) is 32.1 Å². The van der Waals surface area contributed by atoms with Gasteiger partial charge in [-0.15, -0.1) is 0 Å². The molecule has 3 nitrogen and oxygen atoms in total. The number of aryl methyl sites for hydroxylation is 1. The highest BCUT2D eigenvalue weighted by molar-refractivity contribution is 6.25. The second kappa shape index (κ2) is 9.48. The quantitative estimate of drug-likeness (QED) is 0.262. The van der Waals surface area contributed by atoms with Crippen LogP contribution in [-0.4, -0.2) is 16.6 Å². The monoisotopic (exact) mass is 445 g/mol. The van der Waals surface area contributed by atoms with Gasteiger partial charge in [0.1, 0.15) is 5.76 Å². The van der Waals surface area contributed by atoms with Crippen molar-refractivity contribution in [3.8, 4) is 0 Å². The maximum absolute atomic E-state index is 13.4. The van der Waals surface area contributed by atoms with Crippen molar-refractivity contribution in [3.63, 3.8) is 0 Å². The average molecular weight is 446 g/mol. The molecule has 0 heterocycles. The molecule has 5 rings (SSSR count). The topological polar surface area (TPSA) is 49.7 Å². The number of aliphatic hydroxyl groups is 1. The Morgan fingerprint density at radius 3 is 2.35 bits per heavy atom. The molecular formula is C31H27NO2. The number of hydrogen-bond acceptors (Lipinski definition) is 3. The molecule has 4 aromatic carbocycles. The summed E-state index contributed by atoms with van der Waals surface area (Å²) in [6.45, 7) is 2.04. The molecule has 34 heavy (non-hydrogen) atoms. The van der Waals surface area contributed by atoms with Gasteiger partial charge in [0, 0.05) is 12.8 Å². The Labute approximate surface area is 200 Å². The molecule has 1 saturated carbocycles. The van der Waals surface area contributed by atoms with Crippen molar-refractivity contribution in [2.24, 2.45) is 4.99 Å². The number of ketones is 1. The van der Waals surface area contributed by atoms with E-state index in [1.54, 1.807) is 0 Å². The summed E-state index contributed by atoms with van der Waals surface area (Å²) in [5.41, 5.74) is 5.10. The van der Waals surface area contributed by atoms with Gasteiger partial charge in [0.25, 0.3) is 0 Å². The van der Waals surface area contributed by atoms with Gasteiger partial charge >= 0.3 is 0 Å². The highest BCUT2D eigenvalue weighted by atomic mass is 16.3. The lowest BCUT2D eigenvalue weighted by Crippen LogP contribution is -2.27. The van der Waals surface area contributed by atoms with Crippen molar-refractivity contribution in [3.05, 3.63) is 125 Å². The third kappa shape index (κ3) is 4.55. The van der Waals surface area contributed by atoms with Crippen LogP contribution in [0.2, 0.25) is 0 Å². The number of carbonyl (C=O) groups is 1. The Bertz CT molecular complexity index is 1390. The number of hydrogen-bond donors (Lipinski definition) is 1. The van der Waals surface area contributed by atoms with Gasteiger partial charge in [0.2, 0.25) is 0 Å². The molecule has 0 aliphatic heterocycles. The molecule has 1 fully saturated rings. The lowest BCUT2D eigenvalue weighted by molar-refractivity contribution is -0.115. The normalized spacial score (nSPS) is 18.9. The van der Waals surface area contributed by atoms with E-state index in [1.807, 2.05) is 73.7 Å². The van der Waals surface area contributed by atoms with Crippen LogP contribution in [0.5, 0.6) is 0 Å². The minimum absolute atomic E-state index is 0.0482. The fourth-order valence-electron chi connectivity index (χ4n) is 4.77. The molecule has 0 saturated heterocycles. The van der Waals surface area contributed by atoms with E-state index in [0.29, 0.717) is 30.5 Å². The van der Waals surface area contributed by atoms with Crippen LogP contribution in [-0.2, 0) is 11.2 Å². The Hall–Kier alpha value is -3.98. The zero-order valence-electron chi connectivity index (χ0n) is 19.2. The molecule has 0 spiro atoms. The predicted molar refractivity (Wildman–Crippen MR) is 139 cm³/mol. The maximum Gasteiger partial charge on any atom is 0.168 e. The molecule has 1 aliphatic rings. The molecule has 0 aromatic heterocycles. The Kier molecular flexibility index (Phi) is 6.09. The summed E-state index contributed by atoms with van der Waals surface area (Å²) in [7, 11) is 0. The van der Waals surface area contributed by atoms with Gasteiger partial charge in [0.15, 0.2) is 5.78 Å². The van der Waals surface area contributed by atoms with Crippen LogP contribution in [0.25, 0.3) is 10.8 Å². The fraction of sp³-hybridized carbons (Fsp3) is 0.161. The van der Waals surface area contributed by atoms with E-state index in [0.717, 1.165) is 33.2 Å². The Morgan fingerprint density at radius 2 is 1.56 bits per heavy atom. The van der Waals surface area contributed by atoms with E-state index >= 15 is 0 Å². The minimum atomic E-state index is -0.0521. The molecule has 1 N–H and O–H groups in total. The second-order valence-corrected chi connectivity index (χ2v) is 8.97. The van der Waals surface area contributed by atoms with E-state index < -0.39 is 0 Å². The van der Waals surface area contributed by atoms with E-state index in [9.17, 15) is 9.90 Å². The number of carbonyl (C=O) groups excluding carboxylic acids is 1. The first-order chi connectivity index (χ1) is 16.6. The molecule has 4 aromatic rings. The molecule has 1 unspecified atom stereocenters. The summed E-state index contributed by atoms with van der Waals surface area (Å²) >= 11 is 0. The number of nitrogens with zero attached hydrogens (tertiary/aromatic N) is 1. The second-order valence-electron chi connectivity index (χ2n) is 8.97. The highest BCUT2D eigenvalue weighted by Crippen LogP contribution is 2.35. The number of benzene rings is 4. The van der Waals surface area contributed by atoms with Crippen molar-refractivity contribution >= 4 is 28.0 Å². The number of allylic oxidation sites excluding steroid dienone is 2. The van der Waals surface area contributed by atoms with E-state index in [4.69, 9.17) is 4.99 Å². The number of fused-ring (bicyclic) bond motifs is 1. The first-order valence-electron chi connectivity index (χ1n) is 11.7. The summed E-state index contributed by atoms with van der Waals surface area (Å²) in [4.78, 5) is 18.3. The molecule has 0 radical (unpaired) electrons. The molecule has 0 amide bonds. The average Bonchev–Trinajstić information content (AvgIpc) is 2.86. The van der Waals surface area contributed by atoms with Gasteiger partial charge in [-0.25, -0.2) is 0 Å². The first kappa shape index (κ1) is 21.8. The number of Topliss-reactive ketones (excluding diaryl/α,β-unsaturated/α-hetero) is 1. The largest absolute Gasteiger partial charge is 0.511 e. The Morgan fingerprint density at radius 1 is 0.853 bits per heavy atom. The SMILES string of the molecule is Cc1ccc(N=C2CC(c3ccccc3)CC(=O)C2=C(O)Cc2cccc3ccccc23)cc1. The van der Waals surface area contributed by atoms with Gasteiger partial charge in [0.05, 0.1) is 17.0 Å². The van der Waals surface area contributed by atoms with Crippen molar-refractivity contribution in [2.75, 3.05) is 0 Å². The lowest BCUT2D eigenvalue weighted by atomic mass is 9.78. The van der Waals surface area contributed by atoms with Crippen LogP contribution in [0.15, 0.2) is 113 Å². The van der Waals surface area contributed by atoms with Crippen LogP contribution in [0, 0.1) is 6.92 Å². The van der Waals surface area contributed by atoms with Crippen LogP contribution >= 0.6 is 0 Å². The highest BCUT2D eigenvalue weighted by Gasteiger charge is 2.32. The molecule has 1 aliphatic carbocycles. The summed E-state index contributed by atoms with van der Waals surface area (Å²) in [5.74, 6) is 0.0921. The summed E-state index contributed by atoms with van der Waals surface area (Å²) in [5, 5.41) is 13.5. The summed E-state index contributed by atoms with van der Waals surface area (Å²) < 4.78 is 0. The zero-order valence-corrected chi connectivity index (χ0v) is 19.2. The van der Waals surface area contributed by atoms with Crippen molar-refractivity contribution in [1.29, 1.82) is 0 Å². The molecule has 168 valence electrons. The third-order valence-electron chi connectivity index (χ3n) is 6.53. The molecule has 3 heteroatoms. The van der Waals surface area contributed by atoms with E-state index in [-0.39, 0.29) is 17.5 Å². The number of rotatable bonds is 4. The third-order valence-corrected chi connectivity index (χ3v) is 6.53. The lowest BCUT2D eigenvalue weighted by Gasteiger charge is -2.26. The molecule has 0 bridgehead atoms. The van der Waals surface area contributed by atoms with Crippen molar-refractivity contribution in [1.82, 2.24) is 0 Å². The van der Waals surface area contributed by atoms with E-state index in [1.165, 1.54) is 0 Å². The number of aliphatic hydroxyl groups excluding tert-OH is 1. The Balaban J connectivity index is 1.57. The van der Waals surface area contributed by atoms with Crippen LogP contribution in [0.1, 0.15) is 35.4 Å². The van der Waals surface area contributed by atoms with Crippen LogP contribution in [0.4, 0.5) is 5.69 Å². The van der Waals surface area contributed by atoms with Gasteiger partial charge in [-0.1, -0.05) is 90.5 Å². The van der Waals surface area contributed by atoms with Gasteiger partial charge in [-0.05, 0) is 53.3 Å². The van der Waals surface area contributed by atoms with Gasteiger partial charge in [-0.3, -0.25) is 9.79 Å². The predicted octanol–water partition coefficient (Wildman–Crippen LogP) is 7.42. The fourth-order valence-corrected chi connectivity index (χ4v) is 4.77. The molecule has 1 atom stereocenters. The van der Waals surface area contributed by atoms with Crippen molar-refractivity contribution < 1.29 is 9.90 Å². The summed E-state index contributed by atoms with van der Waals surface area (Å²) in [6.07, 6.45) is 1.27. The first-order valence-corrected chi connectivity index (χ1v) is 11.7. The standard InChI is InChI=1S/C31H27NO2/c1-21-14-16-26(17-15-21)32-28-18-25(22-8-3-2-4-9-22)20-30(34)31(28)29(33)19-24-12-7-11-23-10-5-6-13-27(23)24/h2-17,25,33H,18-20H2,1H3. The maximum atomic E-state index is 13.4. The zero-order chi connectivity index (χ0) is 23.5. The molecular weight excluding hydrogens is 418 g/mol. The minimum Gasteiger partial charge on any atom is -0.511 e. The van der Waals surface area contributed by atoms with E-state index in [2.05, 4.69) is 30.3 Å². The smallest absolute Gasteiger partial charge is 0.168 e. The van der Waals surface area contributed by atoms with Gasteiger partial charge in [-0.2, -0.15) is 0 Å². The summed E-state index contributed by atoms with van der Waals surface area (Å²) in [6, 6.07) is 32.2.